The molecule has 0 spiro atoms. The zero-order valence-corrected chi connectivity index (χ0v) is 18.8. The maximum Gasteiger partial charge on any atom is 0.330 e. The lowest BCUT2D eigenvalue weighted by Gasteiger charge is -2.31. The van der Waals surface area contributed by atoms with Gasteiger partial charge in [-0.1, -0.05) is 66.7 Å². The Kier molecular flexibility index (Phi) is 7.37. The van der Waals surface area contributed by atoms with Crippen LogP contribution in [-0.4, -0.2) is 28.2 Å². The minimum Gasteiger partial charge on any atom is -0.496 e. The van der Waals surface area contributed by atoms with Crippen LogP contribution in [0.5, 0.6) is 5.75 Å². The molecular formula is C27H26N4O3. The molecule has 1 aromatic heterocycles. The minimum atomic E-state index is -0.295. The first-order valence-electron chi connectivity index (χ1n) is 10.9. The summed E-state index contributed by atoms with van der Waals surface area (Å²) in [5.41, 5.74) is 4.97. The number of carbonyl (C=O) groups excluding carboxylic acids is 1. The van der Waals surface area contributed by atoms with Crippen molar-refractivity contribution >= 4 is 23.2 Å². The van der Waals surface area contributed by atoms with E-state index in [9.17, 15) is 10.0 Å². The smallest absolute Gasteiger partial charge is 0.330 e. The van der Waals surface area contributed by atoms with Crippen LogP contribution in [0.4, 0.5) is 22.0 Å². The molecule has 0 bridgehead atoms. The number of para-hydroxylation sites is 2. The van der Waals surface area contributed by atoms with Crippen LogP contribution in [0.25, 0.3) is 0 Å². The quantitative estimate of drug-likeness (QED) is 0.327. The van der Waals surface area contributed by atoms with Gasteiger partial charge < -0.3 is 9.64 Å². The molecule has 4 aromatic rings. The number of ether oxygens (including phenoxy) is 1. The van der Waals surface area contributed by atoms with Crippen LogP contribution in [0.1, 0.15) is 11.1 Å². The van der Waals surface area contributed by atoms with Crippen LogP contribution in [0.3, 0.4) is 0 Å². The van der Waals surface area contributed by atoms with Gasteiger partial charge >= 0.3 is 6.03 Å². The zero-order chi connectivity index (χ0) is 23.8. The van der Waals surface area contributed by atoms with Crippen LogP contribution in [0.2, 0.25) is 0 Å². The molecule has 3 aromatic carbocycles. The number of anilines is 3. The Hall–Kier alpha value is -4.36. The Labute approximate surface area is 198 Å². The highest BCUT2D eigenvalue weighted by Crippen LogP contribution is 2.32. The lowest BCUT2D eigenvalue weighted by atomic mass is 10.1. The number of nitrogens with one attached hydrogen (secondary N) is 1. The van der Waals surface area contributed by atoms with Crippen molar-refractivity contribution in [2.45, 2.75) is 13.1 Å². The number of urea groups is 1. The topological polar surface area (TPSA) is 77.9 Å². The third kappa shape index (κ3) is 5.16. The van der Waals surface area contributed by atoms with Crippen LogP contribution in [-0.2, 0) is 13.1 Å². The van der Waals surface area contributed by atoms with E-state index in [1.807, 2.05) is 84.9 Å². The van der Waals surface area contributed by atoms with E-state index in [0.717, 1.165) is 11.1 Å². The van der Waals surface area contributed by atoms with Gasteiger partial charge in [-0.25, -0.2) is 14.7 Å². The second kappa shape index (κ2) is 11.0. The maximum atomic E-state index is 14.2. The molecule has 7 nitrogen and oxygen atoms in total. The van der Waals surface area contributed by atoms with Crippen LogP contribution < -0.4 is 15.1 Å². The summed E-state index contributed by atoms with van der Waals surface area (Å²) < 4.78 is 5.54. The molecule has 2 N–H and O–H groups in total. The molecule has 7 heteroatoms. The fraction of sp³-hybridized carbons (Fsp3) is 0.111. The van der Waals surface area contributed by atoms with Gasteiger partial charge in [0, 0.05) is 18.3 Å². The first kappa shape index (κ1) is 22.8. The average Bonchev–Trinajstić information content (AvgIpc) is 2.90. The molecule has 0 unspecified atom stereocenters. The summed E-state index contributed by atoms with van der Waals surface area (Å²) in [6, 6.07) is 29.7. The second-order valence-corrected chi connectivity index (χ2v) is 7.59. The van der Waals surface area contributed by atoms with Crippen LogP contribution >= 0.6 is 0 Å². The summed E-state index contributed by atoms with van der Waals surface area (Å²) >= 11 is 0. The molecule has 0 radical (unpaired) electrons. The van der Waals surface area contributed by atoms with Crippen molar-refractivity contribution < 1.29 is 14.7 Å². The van der Waals surface area contributed by atoms with E-state index in [1.165, 1.54) is 4.90 Å². The number of pyridine rings is 1. The molecule has 0 aliphatic carbocycles. The van der Waals surface area contributed by atoms with E-state index >= 15 is 0 Å². The number of hydrogen-bond acceptors (Lipinski definition) is 5. The predicted octanol–water partition coefficient (Wildman–Crippen LogP) is 5.85. The number of carbonyl (C=O) groups is 1. The molecule has 0 saturated carbocycles. The number of benzene rings is 3. The van der Waals surface area contributed by atoms with Gasteiger partial charge in [0.2, 0.25) is 0 Å². The SMILES string of the molecule is COc1ccccc1CN(Cc1ccccc1)C(=O)N(c1ccccc1)c1ncccc1NO. The number of amides is 2. The van der Waals surface area contributed by atoms with Gasteiger partial charge in [0.25, 0.3) is 0 Å². The molecular weight excluding hydrogens is 428 g/mol. The van der Waals surface area contributed by atoms with Crippen molar-refractivity contribution in [3.05, 3.63) is 114 Å². The van der Waals surface area contributed by atoms with E-state index in [4.69, 9.17) is 4.74 Å². The number of hydrogen-bond donors (Lipinski definition) is 2. The first-order chi connectivity index (χ1) is 16.7. The third-order valence-electron chi connectivity index (χ3n) is 5.37. The first-order valence-corrected chi connectivity index (χ1v) is 10.9. The number of aromatic nitrogens is 1. The van der Waals surface area contributed by atoms with Gasteiger partial charge in [-0.05, 0) is 35.9 Å². The Morgan fingerprint density at radius 1 is 0.882 bits per heavy atom. The number of methoxy groups -OCH3 is 1. The fourth-order valence-electron chi connectivity index (χ4n) is 3.74. The molecule has 172 valence electrons. The van der Waals surface area contributed by atoms with Gasteiger partial charge in [0.05, 0.1) is 19.3 Å². The second-order valence-electron chi connectivity index (χ2n) is 7.59. The van der Waals surface area contributed by atoms with Gasteiger partial charge in [-0.15, -0.1) is 0 Å². The highest BCUT2D eigenvalue weighted by molar-refractivity contribution is 6.01. The maximum absolute atomic E-state index is 14.2. The molecule has 4 rings (SSSR count). The Balaban J connectivity index is 1.79. The van der Waals surface area contributed by atoms with Crippen LogP contribution in [0.15, 0.2) is 103 Å². The highest BCUT2D eigenvalue weighted by atomic mass is 16.5. The largest absolute Gasteiger partial charge is 0.496 e. The van der Waals surface area contributed by atoms with Gasteiger partial charge in [-0.3, -0.25) is 10.7 Å². The fourth-order valence-corrected chi connectivity index (χ4v) is 3.74. The monoisotopic (exact) mass is 454 g/mol. The van der Waals surface area contributed by atoms with Gasteiger partial charge in [0.15, 0.2) is 5.82 Å². The predicted molar refractivity (Wildman–Crippen MR) is 132 cm³/mol. The molecule has 34 heavy (non-hydrogen) atoms. The van der Waals surface area contributed by atoms with Gasteiger partial charge in [0.1, 0.15) is 11.4 Å². The highest BCUT2D eigenvalue weighted by Gasteiger charge is 2.28. The molecule has 0 fully saturated rings. The van der Waals surface area contributed by atoms with Crippen molar-refractivity contribution in [1.29, 1.82) is 0 Å². The van der Waals surface area contributed by atoms with Crippen molar-refractivity contribution in [2.75, 3.05) is 17.5 Å². The minimum absolute atomic E-state index is 0.291. The summed E-state index contributed by atoms with van der Waals surface area (Å²) in [5, 5.41) is 9.72. The molecule has 0 aliphatic rings. The average molecular weight is 455 g/mol. The van der Waals surface area contributed by atoms with Crippen molar-refractivity contribution in [2.24, 2.45) is 0 Å². The summed E-state index contributed by atoms with van der Waals surface area (Å²) in [6.45, 7) is 0.686. The van der Waals surface area contributed by atoms with E-state index in [1.54, 1.807) is 30.3 Å². The Morgan fingerprint density at radius 2 is 1.56 bits per heavy atom. The van der Waals surface area contributed by atoms with Crippen molar-refractivity contribution in [3.63, 3.8) is 0 Å². The third-order valence-corrected chi connectivity index (χ3v) is 5.37. The van der Waals surface area contributed by atoms with Crippen molar-refractivity contribution in [3.8, 4) is 5.75 Å². The Morgan fingerprint density at radius 3 is 2.26 bits per heavy atom. The van der Waals surface area contributed by atoms with Gasteiger partial charge in [-0.2, -0.15) is 0 Å². The molecule has 0 atom stereocenters. The zero-order valence-electron chi connectivity index (χ0n) is 18.8. The number of rotatable bonds is 8. The van der Waals surface area contributed by atoms with Crippen molar-refractivity contribution in [1.82, 2.24) is 9.88 Å². The van der Waals surface area contributed by atoms with Crippen LogP contribution in [0, 0.1) is 0 Å². The lowest BCUT2D eigenvalue weighted by Crippen LogP contribution is -2.40. The van der Waals surface area contributed by atoms with E-state index in [-0.39, 0.29) is 6.03 Å². The molecule has 1 heterocycles. The summed E-state index contributed by atoms with van der Waals surface area (Å²) in [7, 11) is 1.62. The van der Waals surface area contributed by atoms with E-state index in [0.29, 0.717) is 36.0 Å². The molecule has 0 saturated heterocycles. The molecule has 2 amide bonds. The summed E-state index contributed by atoms with van der Waals surface area (Å²) in [5.74, 6) is 0.995. The van der Waals surface area contributed by atoms with E-state index < -0.39 is 0 Å². The summed E-state index contributed by atoms with van der Waals surface area (Å²) in [6.07, 6.45) is 1.58. The molecule has 0 aliphatic heterocycles. The Bertz CT molecular complexity index is 1220. The summed E-state index contributed by atoms with van der Waals surface area (Å²) in [4.78, 5) is 21.8. The number of nitrogens with zero attached hydrogens (tertiary/aromatic N) is 3. The normalized spacial score (nSPS) is 10.4. The van der Waals surface area contributed by atoms with E-state index in [2.05, 4.69) is 10.5 Å². The lowest BCUT2D eigenvalue weighted by molar-refractivity contribution is 0.201. The standard InChI is InChI=1S/C27H26N4O3/c1-34-25-17-9-8-13-22(25)20-30(19-21-11-4-2-5-12-21)27(32)31(23-14-6-3-7-15-23)26-24(29-33)16-10-18-28-26/h2-18,29,33H,19-20H2,1H3.